The van der Waals surface area contributed by atoms with Crippen LogP contribution in [0.2, 0.25) is 0 Å². The number of hydrogen-bond donors (Lipinski definition) is 2. The fourth-order valence-electron chi connectivity index (χ4n) is 1.67. The first kappa shape index (κ1) is 15.4. The molecule has 0 aromatic heterocycles. The molecule has 0 bridgehead atoms. The normalized spacial score (nSPS) is 10.0. The summed E-state index contributed by atoms with van der Waals surface area (Å²) >= 11 is 8.68. The summed E-state index contributed by atoms with van der Waals surface area (Å²) < 4.78 is 0.912. The van der Waals surface area contributed by atoms with Gasteiger partial charge in [0.25, 0.3) is 5.69 Å². The van der Waals surface area contributed by atoms with Crippen molar-refractivity contribution in [1.29, 1.82) is 0 Å². The van der Waals surface area contributed by atoms with Crippen LogP contribution in [0.15, 0.2) is 46.9 Å². The number of rotatable bonds is 3. The van der Waals surface area contributed by atoms with Crippen molar-refractivity contribution in [2.24, 2.45) is 0 Å². The van der Waals surface area contributed by atoms with Gasteiger partial charge in [0.05, 0.1) is 10.6 Å². The van der Waals surface area contributed by atoms with Crippen molar-refractivity contribution in [3.63, 3.8) is 0 Å². The third-order valence-electron chi connectivity index (χ3n) is 2.71. The van der Waals surface area contributed by atoms with Gasteiger partial charge in [0.1, 0.15) is 0 Å². The summed E-state index contributed by atoms with van der Waals surface area (Å²) in [5.41, 5.74) is 2.71. The van der Waals surface area contributed by atoms with Gasteiger partial charge in [-0.1, -0.05) is 6.07 Å². The minimum Gasteiger partial charge on any atom is -0.332 e. The highest BCUT2D eigenvalue weighted by Crippen LogP contribution is 2.23. The number of halogens is 1. The van der Waals surface area contributed by atoms with Crippen molar-refractivity contribution in [3.05, 3.63) is 62.6 Å². The summed E-state index contributed by atoms with van der Waals surface area (Å²) in [5.74, 6) is 0. The summed E-state index contributed by atoms with van der Waals surface area (Å²) in [7, 11) is 0. The Labute approximate surface area is 135 Å². The molecule has 21 heavy (non-hydrogen) atoms. The molecule has 0 aliphatic carbocycles. The zero-order valence-electron chi connectivity index (χ0n) is 11.1. The monoisotopic (exact) mass is 365 g/mol. The lowest BCUT2D eigenvalue weighted by Gasteiger charge is -2.12. The van der Waals surface area contributed by atoms with Crippen molar-refractivity contribution < 1.29 is 4.92 Å². The van der Waals surface area contributed by atoms with E-state index in [4.69, 9.17) is 12.2 Å². The first-order valence-corrected chi connectivity index (χ1v) is 7.24. The summed E-state index contributed by atoms with van der Waals surface area (Å²) in [6, 6.07) is 11.9. The maximum absolute atomic E-state index is 10.6. The van der Waals surface area contributed by atoms with Gasteiger partial charge in [-0.2, -0.15) is 0 Å². The first-order valence-electron chi connectivity index (χ1n) is 6.04. The van der Waals surface area contributed by atoms with Crippen molar-refractivity contribution in [2.45, 2.75) is 6.92 Å². The molecule has 0 radical (unpaired) electrons. The number of hydrogen-bond acceptors (Lipinski definition) is 3. The molecule has 2 N–H and O–H groups in total. The van der Waals surface area contributed by atoms with Crippen molar-refractivity contribution >= 4 is 50.3 Å². The Balaban J connectivity index is 2.02. The predicted octanol–water partition coefficient (Wildman–Crippen LogP) is 4.47. The molecule has 0 aliphatic heterocycles. The van der Waals surface area contributed by atoms with Crippen LogP contribution in [0.1, 0.15) is 5.56 Å². The SMILES string of the molecule is Cc1ccc(NC(=S)Nc2ccc([N+](=O)[O-])cc2)c(Br)c1. The van der Waals surface area contributed by atoms with E-state index in [-0.39, 0.29) is 5.69 Å². The lowest BCUT2D eigenvalue weighted by atomic mass is 10.2. The van der Waals surface area contributed by atoms with Gasteiger partial charge in [-0.15, -0.1) is 0 Å². The van der Waals surface area contributed by atoms with Crippen LogP contribution in [0.3, 0.4) is 0 Å². The molecule has 2 rings (SSSR count). The largest absolute Gasteiger partial charge is 0.332 e. The molecule has 0 saturated carbocycles. The van der Waals surface area contributed by atoms with E-state index in [1.807, 2.05) is 25.1 Å². The Morgan fingerprint density at radius 2 is 1.86 bits per heavy atom. The van der Waals surface area contributed by atoms with Gasteiger partial charge in [-0.25, -0.2) is 0 Å². The number of non-ortho nitro benzene ring substituents is 1. The molecule has 0 saturated heterocycles. The number of anilines is 2. The van der Waals surface area contributed by atoms with E-state index in [2.05, 4.69) is 26.6 Å². The summed E-state index contributed by atoms with van der Waals surface area (Å²) in [6.07, 6.45) is 0. The van der Waals surface area contributed by atoms with Gasteiger partial charge in [-0.05, 0) is 64.9 Å². The molecule has 7 heteroatoms. The molecule has 108 valence electrons. The lowest BCUT2D eigenvalue weighted by Crippen LogP contribution is -2.19. The second-order valence-corrected chi connectivity index (χ2v) is 5.63. The summed E-state index contributed by atoms with van der Waals surface area (Å²) in [6.45, 7) is 2.00. The van der Waals surface area contributed by atoms with Gasteiger partial charge in [-0.3, -0.25) is 10.1 Å². The maximum atomic E-state index is 10.6. The second kappa shape index (κ2) is 6.64. The highest BCUT2D eigenvalue weighted by molar-refractivity contribution is 9.10. The standard InChI is InChI=1S/C14H12BrN3O2S/c1-9-2-7-13(12(15)8-9)17-14(21)16-10-3-5-11(6-4-10)18(19)20/h2-8H,1H3,(H2,16,17,21). The summed E-state index contributed by atoms with van der Waals surface area (Å²) in [5, 5.41) is 17.0. The van der Waals surface area contributed by atoms with Crippen LogP contribution >= 0.6 is 28.1 Å². The van der Waals surface area contributed by atoms with Gasteiger partial charge in [0.15, 0.2) is 5.11 Å². The maximum Gasteiger partial charge on any atom is 0.269 e. The van der Waals surface area contributed by atoms with Crippen LogP contribution in [0.25, 0.3) is 0 Å². The highest BCUT2D eigenvalue weighted by atomic mass is 79.9. The number of nitro groups is 1. The van der Waals surface area contributed by atoms with E-state index in [1.165, 1.54) is 12.1 Å². The van der Waals surface area contributed by atoms with Crippen LogP contribution in [-0.4, -0.2) is 10.0 Å². The van der Waals surface area contributed by atoms with E-state index in [0.717, 1.165) is 15.7 Å². The van der Waals surface area contributed by atoms with Gasteiger partial charge >= 0.3 is 0 Å². The minimum absolute atomic E-state index is 0.0423. The Morgan fingerprint density at radius 1 is 1.19 bits per heavy atom. The van der Waals surface area contributed by atoms with Crippen LogP contribution < -0.4 is 10.6 Å². The zero-order chi connectivity index (χ0) is 15.4. The minimum atomic E-state index is -0.441. The van der Waals surface area contributed by atoms with E-state index in [9.17, 15) is 10.1 Å². The molecule has 0 spiro atoms. The summed E-state index contributed by atoms with van der Waals surface area (Å²) in [4.78, 5) is 10.1. The molecule has 0 heterocycles. The highest BCUT2D eigenvalue weighted by Gasteiger charge is 2.06. The van der Waals surface area contributed by atoms with Crippen LogP contribution in [0.4, 0.5) is 17.1 Å². The number of nitrogens with zero attached hydrogens (tertiary/aromatic N) is 1. The number of aryl methyl sites for hydroxylation is 1. The Hall–Kier alpha value is -1.99. The average molecular weight is 366 g/mol. The lowest BCUT2D eigenvalue weighted by molar-refractivity contribution is -0.384. The third kappa shape index (κ3) is 4.24. The van der Waals surface area contributed by atoms with Crippen molar-refractivity contribution in [2.75, 3.05) is 10.6 Å². The van der Waals surface area contributed by atoms with Crippen LogP contribution in [-0.2, 0) is 0 Å². The Morgan fingerprint density at radius 3 is 2.43 bits per heavy atom. The van der Waals surface area contributed by atoms with E-state index in [0.29, 0.717) is 10.8 Å². The first-order chi connectivity index (χ1) is 9.95. The average Bonchev–Trinajstić information content (AvgIpc) is 2.42. The molecule has 0 aliphatic rings. The Bertz CT molecular complexity index is 689. The van der Waals surface area contributed by atoms with E-state index >= 15 is 0 Å². The Kier molecular flexibility index (Phi) is 4.87. The molecular formula is C14H12BrN3O2S. The third-order valence-corrected chi connectivity index (χ3v) is 3.57. The van der Waals surface area contributed by atoms with Crippen molar-refractivity contribution in [3.8, 4) is 0 Å². The molecule has 0 fully saturated rings. The quantitative estimate of drug-likeness (QED) is 0.477. The van der Waals surface area contributed by atoms with Gasteiger partial charge in [0, 0.05) is 22.3 Å². The molecule has 0 atom stereocenters. The number of nitrogens with one attached hydrogen (secondary N) is 2. The molecular weight excluding hydrogens is 354 g/mol. The predicted molar refractivity (Wildman–Crippen MR) is 91.8 cm³/mol. The van der Waals surface area contributed by atoms with Gasteiger partial charge < -0.3 is 10.6 Å². The second-order valence-electron chi connectivity index (χ2n) is 4.37. The van der Waals surface area contributed by atoms with E-state index in [1.54, 1.807) is 12.1 Å². The molecule has 5 nitrogen and oxygen atoms in total. The van der Waals surface area contributed by atoms with Crippen LogP contribution in [0.5, 0.6) is 0 Å². The molecule has 2 aromatic rings. The van der Waals surface area contributed by atoms with Crippen LogP contribution in [0, 0.1) is 17.0 Å². The fourth-order valence-corrected chi connectivity index (χ4v) is 2.49. The molecule has 0 amide bonds. The fraction of sp³-hybridized carbons (Fsp3) is 0.0714. The molecule has 2 aromatic carbocycles. The van der Waals surface area contributed by atoms with Crippen molar-refractivity contribution in [1.82, 2.24) is 0 Å². The topological polar surface area (TPSA) is 67.2 Å². The van der Waals surface area contributed by atoms with Gasteiger partial charge in [0.2, 0.25) is 0 Å². The smallest absolute Gasteiger partial charge is 0.269 e. The number of benzene rings is 2. The molecule has 0 unspecified atom stereocenters. The number of nitro benzene ring substituents is 1. The number of thiocarbonyl (C=S) groups is 1. The van der Waals surface area contributed by atoms with E-state index < -0.39 is 4.92 Å². The zero-order valence-corrected chi connectivity index (χ0v) is 13.5.